The van der Waals surface area contributed by atoms with Crippen molar-refractivity contribution in [3.8, 4) is 0 Å². The largest absolute Gasteiger partial charge is 0.383 e. The summed E-state index contributed by atoms with van der Waals surface area (Å²) in [5.74, 6) is 5.78. The van der Waals surface area contributed by atoms with Crippen molar-refractivity contribution in [2.75, 3.05) is 5.73 Å². The van der Waals surface area contributed by atoms with Gasteiger partial charge in [0.1, 0.15) is 11.6 Å². The maximum absolute atomic E-state index is 13.2. The lowest BCUT2D eigenvalue weighted by atomic mass is 9.95. The van der Waals surface area contributed by atoms with Crippen molar-refractivity contribution in [2.45, 2.75) is 19.9 Å². The minimum Gasteiger partial charge on any atom is -0.383 e. The topological polar surface area (TPSA) is 77.0 Å². The van der Waals surface area contributed by atoms with E-state index >= 15 is 0 Å². The Hall–Kier alpha value is -1.98. The van der Waals surface area contributed by atoms with Gasteiger partial charge in [-0.25, -0.2) is 14.8 Å². The molecule has 0 aliphatic rings. The zero-order valence-corrected chi connectivity index (χ0v) is 10.9. The van der Waals surface area contributed by atoms with E-state index in [1.807, 2.05) is 19.9 Å². The van der Waals surface area contributed by atoms with Crippen LogP contribution < -0.4 is 17.0 Å². The third-order valence-electron chi connectivity index (χ3n) is 3.11. The van der Waals surface area contributed by atoms with Gasteiger partial charge in [-0.2, -0.15) is 0 Å². The Labute approximate surface area is 111 Å². The first kappa shape index (κ1) is 13.5. The fourth-order valence-electron chi connectivity index (χ4n) is 2.14. The van der Waals surface area contributed by atoms with E-state index in [-0.39, 0.29) is 11.9 Å². The number of nitrogens with zero attached hydrogens (tertiary/aromatic N) is 1. The van der Waals surface area contributed by atoms with Crippen molar-refractivity contribution in [2.24, 2.45) is 5.84 Å². The van der Waals surface area contributed by atoms with E-state index in [1.165, 1.54) is 12.1 Å². The lowest BCUT2D eigenvalue weighted by molar-refractivity contribution is 0.612. The summed E-state index contributed by atoms with van der Waals surface area (Å²) in [4.78, 5) is 4.13. The number of anilines is 1. The second-order valence-corrected chi connectivity index (χ2v) is 4.59. The summed E-state index contributed by atoms with van der Waals surface area (Å²) in [6, 6.07) is 6.20. The molecule has 0 saturated carbocycles. The zero-order valence-electron chi connectivity index (χ0n) is 10.9. The van der Waals surface area contributed by atoms with Crippen molar-refractivity contribution in [3.63, 3.8) is 0 Å². The van der Waals surface area contributed by atoms with E-state index < -0.39 is 0 Å². The molecule has 0 spiro atoms. The number of benzene rings is 1. The Bertz CT molecular complexity index is 598. The Kier molecular flexibility index (Phi) is 3.78. The van der Waals surface area contributed by atoms with Crippen LogP contribution in [0, 0.1) is 19.7 Å². The van der Waals surface area contributed by atoms with Gasteiger partial charge in [0.2, 0.25) is 0 Å². The lowest BCUT2D eigenvalue weighted by Gasteiger charge is -2.20. The molecule has 1 heterocycles. The molecule has 2 rings (SSSR count). The number of hydrogen-bond donors (Lipinski definition) is 3. The molecule has 19 heavy (non-hydrogen) atoms. The van der Waals surface area contributed by atoms with Gasteiger partial charge in [0, 0.05) is 11.8 Å². The molecule has 1 unspecified atom stereocenters. The second kappa shape index (κ2) is 5.34. The van der Waals surface area contributed by atoms with Gasteiger partial charge in [0.25, 0.3) is 0 Å². The molecule has 0 fully saturated rings. The number of hydrogen-bond acceptors (Lipinski definition) is 4. The first-order valence-corrected chi connectivity index (χ1v) is 5.97. The Morgan fingerprint density at radius 3 is 2.58 bits per heavy atom. The molecular formula is C14H17FN4. The third-order valence-corrected chi connectivity index (χ3v) is 3.11. The predicted octanol–water partition coefficient (Wildman–Crippen LogP) is 1.97. The van der Waals surface area contributed by atoms with Crippen LogP contribution in [0.4, 0.5) is 10.2 Å². The Balaban J connectivity index is 2.52. The number of hydrazine groups is 1. The predicted molar refractivity (Wildman–Crippen MR) is 73.7 cm³/mol. The van der Waals surface area contributed by atoms with Crippen LogP contribution in [0.25, 0.3) is 0 Å². The number of aryl methyl sites for hydroxylation is 2. The third kappa shape index (κ3) is 2.72. The number of nitrogen functional groups attached to an aromatic ring is 1. The van der Waals surface area contributed by atoms with Crippen molar-refractivity contribution in [1.29, 1.82) is 0 Å². The van der Waals surface area contributed by atoms with Crippen LogP contribution in [0.15, 0.2) is 30.5 Å². The molecular weight excluding hydrogens is 243 g/mol. The molecule has 1 aromatic carbocycles. The molecule has 0 amide bonds. The normalized spacial score (nSPS) is 12.4. The molecule has 5 N–H and O–H groups in total. The summed E-state index contributed by atoms with van der Waals surface area (Å²) in [5, 5.41) is 0. The number of halogens is 1. The highest BCUT2D eigenvalue weighted by molar-refractivity contribution is 5.48. The van der Waals surface area contributed by atoms with E-state index in [9.17, 15) is 4.39 Å². The fourth-order valence-corrected chi connectivity index (χ4v) is 2.14. The van der Waals surface area contributed by atoms with Crippen LogP contribution in [0.2, 0.25) is 0 Å². The van der Waals surface area contributed by atoms with Crippen molar-refractivity contribution < 1.29 is 4.39 Å². The average molecular weight is 260 g/mol. The van der Waals surface area contributed by atoms with E-state index in [4.69, 9.17) is 11.6 Å². The average Bonchev–Trinajstić information content (AvgIpc) is 2.36. The fraction of sp³-hybridized carbons (Fsp3) is 0.214. The highest BCUT2D eigenvalue weighted by atomic mass is 19.1. The zero-order chi connectivity index (χ0) is 14.0. The van der Waals surface area contributed by atoms with E-state index in [2.05, 4.69) is 10.4 Å². The van der Waals surface area contributed by atoms with Gasteiger partial charge in [-0.3, -0.25) is 5.84 Å². The van der Waals surface area contributed by atoms with Crippen molar-refractivity contribution in [3.05, 3.63) is 58.5 Å². The van der Waals surface area contributed by atoms with E-state index in [0.29, 0.717) is 5.82 Å². The second-order valence-electron chi connectivity index (χ2n) is 4.59. The molecule has 1 aromatic heterocycles. The summed E-state index contributed by atoms with van der Waals surface area (Å²) in [5.41, 5.74) is 12.1. The van der Waals surface area contributed by atoms with Crippen LogP contribution in [0.1, 0.15) is 28.3 Å². The quantitative estimate of drug-likeness (QED) is 0.582. The minimum absolute atomic E-state index is 0.271. The molecule has 0 radical (unpaired) electrons. The Morgan fingerprint density at radius 2 is 1.95 bits per heavy atom. The first-order chi connectivity index (χ1) is 9.02. The first-order valence-electron chi connectivity index (χ1n) is 5.97. The van der Waals surface area contributed by atoms with Gasteiger partial charge < -0.3 is 5.73 Å². The number of rotatable bonds is 3. The SMILES string of the molecule is Cc1cnc(N)c(C(NN)c2ccc(F)cc2C)c1. The van der Waals surface area contributed by atoms with Crippen LogP contribution in [0.3, 0.4) is 0 Å². The molecule has 5 heteroatoms. The molecule has 0 saturated heterocycles. The highest BCUT2D eigenvalue weighted by Gasteiger charge is 2.18. The van der Waals surface area contributed by atoms with Crippen LogP contribution in [-0.4, -0.2) is 4.98 Å². The molecule has 2 aromatic rings. The van der Waals surface area contributed by atoms with Crippen LogP contribution >= 0.6 is 0 Å². The molecule has 0 aliphatic carbocycles. The number of pyridine rings is 1. The molecule has 0 aliphatic heterocycles. The Morgan fingerprint density at radius 1 is 1.21 bits per heavy atom. The summed E-state index contributed by atoms with van der Waals surface area (Å²) in [6.07, 6.45) is 1.70. The maximum atomic E-state index is 13.2. The summed E-state index contributed by atoms with van der Waals surface area (Å²) in [6.45, 7) is 3.77. The van der Waals surface area contributed by atoms with E-state index in [0.717, 1.165) is 22.3 Å². The number of nitrogens with one attached hydrogen (secondary N) is 1. The van der Waals surface area contributed by atoms with E-state index in [1.54, 1.807) is 12.3 Å². The lowest BCUT2D eigenvalue weighted by Crippen LogP contribution is -2.30. The smallest absolute Gasteiger partial charge is 0.128 e. The van der Waals surface area contributed by atoms with Crippen molar-refractivity contribution >= 4 is 5.82 Å². The van der Waals surface area contributed by atoms with Gasteiger partial charge in [-0.15, -0.1) is 0 Å². The van der Waals surface area contributed by atoms with Gasteiger partial charge in [-0.1, -0.05) is 6.07 Å². The molecule has 1 atom stereocenters. The summed E-state index contributed by atoms with van der Waals surface area (Å²) in [7, 11) is 0. The highest BCUT2D eigenvalue weighted by Crippen LogP contribution is 2.28. The van der Waals surface area contributed by atoms with Gasteiger partial charge >= 0.3 is 0 Å². The molecule has 100 valence electrons. The minimum atomic E-state index is -0.312. The summed E-state index contributed by atoms with van der Waals surface area (Å²) >= 11 is 0. The van der Waals surface area contributed by atoms with Crippen molar-refractivity contribution in [1.82, 2.24) is 10.4 Å². The van der Waals surface area contributed by atoms with Crippen LogP contribution in [-0.2, 0) is 0 Å². The van der Waals surface area contributed by atoms with Gasteiger partial charge in [0.15, 0.2) is 0 Å². The van der Waals surface area contributed by atoms with Gasteiger partial charge in [0.05, 0.1) is 6.04 Å². The monoisotopic (exact) mass is 260 g/mol. The number of nitrogens with two attached hydrogens (primary N) is 2. The van der Waals surface area contributed by atoms with Crippen LogP contribution in [0.5, 0.6) is 0 Å². The van der Waals surface area contributed by atoms with Gasteiger partial charge in [-0.05, 0) is 48.7 Å². The summed E-state index contributed by atoms with van der Waals surface area (Å²) < 4.78 is 13.2. The standard InChI is InChI=1S/C14H17FN4/c1-8-5-12(14(16)18-7-8)13(19-17)11-4-3-10(15)6-9(11)2/h3-7,13,19H,17H2,1-2H3,(H2,16,18). The maximum Gasteiger partial charge on any atom is 0.128 e. The molecule has 0 bridgehead atoms. The molecule has 4 nitrogen and oxygen atoms in total. The number of aromatic nitrogens is 1.